The summed E-state index contributed by atoms with van der Waals surface area (Å²) in [4.78, 5) is 4.23. The lowest BCUT2D eigenvalue weighted by Gasteiger charge is -2.02. The molecule has 0 fully saturated rings. The van der Waals surface area contributed by atoms with E-state index in [-0.39, 0.29) is 0 Å². The molecule has 0 aliphatic rings. The van der Waals surface area contributed by atoms with Crippen LogP contribution < -0.4 is 5.32 Å². The number of nitrogens with zero attached hydrogens (tertiary/aromatic N) is 4. The number of thiazole rings is 1. The van der Waals surface area contributed by atoms with Crippen LogP contribution in [0.1, 0.15) is 11.6 Å². The van der Waals surface area contributed by atoms with E-state index in [1.807, 2.05) is 23.9 Å². The summed E-state index contributed by atoms with van der Waals surface area (Å²) in [5.74, 6) is 1.81. The van der Waals surface area contributed by atoms with Crippen LogP contribution in [0, 0.1) is 6.92 Å². The van der Waals surface area contributed by atoms with Crippen LogP contribution in [-0.4, -0.2) is 19.7 Å². The highest BCUT2D eigenvalue weighted by atomic mass is 79.9. The van der Waals surface area contributed by atoms with Crippen molar-refractivity contribution >= 4 is 32.4 Å². The summed E-state index contributed by atoms with van der Waals surface area (Å²) in [6.07, 6.45) is 0. The van der Waals surface area contributed by atoms with Crippen LogP contribution in [0.4, 0.5) is 5.13 Å². The van der Waals surface area contributed by atoms with Gasteiger partial charge >= 0.3 is 0 Å². The zero-order chi connectivity index (χ0) is 10.8. The van der Waals surface area contributed by atoms with Gasteiger partial charge in [-0.15, -0.1) is 21.5 Å². The third-order valence-electron chi connectivity index (χ3n) is 2.06. The van der Waals surface area contributed by atoms with Gasteiger partial charge in [-0.3, -0.25) is 0 Å². The van der Waals surface area contributed by atoms with Gasteiger partial charge in [0.25, 0.3) is 0 Å². The molecule has 0 aliphatic heterocycles. The molecule has 2 rings (SSSR count). The van der Waals surface area contributed by atoms with Crippen molar-refractivity contribution in [3.8, 4) is 0 Å². The van der Waals surface area contributed by atoms with Crippen molar-refractivity contribution in [3.63, 3.8) is 0 Å². The van der Waals surface area contributed by atoms with Crippen LogP contribution in [0.25, 0.3) is 0 Å². The number of aryl methyl sites for hydroxylation is 1. The fourth-order valence-electron chi connectivity index (χ4n) is 1.09. The normalized spacial score (nSPS) is 10.6. The molecule has 2 aromatic rings. The van der Waals surface area contributed by atoms with E-state index in [9.17, 15) is 0 Å². The molecular formula is C8H10BrN5S. The summed E-state index contributed by atoms with van der Waals surface area (Å²) in [5, 5.41) is 14.0. The fraction of sp³-hybridized carbons (Fsp3) is 0.375. The topological polar surface area (TPSA) is 55.6 Å². The molecule has 1 N–H and O–H groups in total. The van der Waals surface area contributed by atoms with Gasteiger partial charge in [-0.2, -0.15) is 0 Å². The Kier molecular flexibility index (Phi) is 3.01. The van der Waals surface area contributed by atoms with Crippen LogP contribution in [0.3, 0.4) is 0 Å². The molecule has 5 nitrogen and oxygen atoms in total. The number of nitrogens with one attached hydrogen (secondary N) is 1. The molecule has 0 radical (unpaired) electrons. The van der Waals surface area contributed by atoms with Crippen molar-refractivity contribution in [1.82, 2.24) is 19.7 Å². The first-order valence-electron chi connectivity index (χ1n) is 4.36. The summed E-state index contributed by atoms with van der Waals surface area (Å²) in [6, 6.07) is 0. The standard InChI is InChI=1S/C8H10BrN5S/c1-5-12-13-7(14(5)2)3-10-8-11-6(9)4-15-8/h4H,3H2,1-2H3,(H,10,11). The summed E-state index contributed by atoms with van der Waals surface area (Å²) >= 11 is 4.86. The van der Waals surface area contributed by atoms with Gasteiger partial charge in [-0.25, -0.2) is 4.98 Å². The second-order valence-electron chi connectivity index (χ2n) is 3.05. The van der Waals surface area contributed by atoms with Gasteiger partial charge in [0.15, 0.2) is 11.0 Å². The molecule has 0 unspecified atom stereocenters. The lowest BCUT2D eigenvalue weighted by molar-refractivity contribution is 0.789. The largest absolute Gasteiger partial charge is 0.354 e. The number of aromatic nitrogens is 4. The van der Waals surface area contributed by atoms with Gasteiger partial charge in [-0.1, -0.05) is 0 Å². The Balaban J connectivity index is 2.02. The molecule has 0 saturated carbocycles. The minimum atomic E-state index is 0.636. The maximum atomic E-state index is 4.23. The minimum Gasteiger partial charge on any atom is -0.354 e. The fourth-order valence-corrected chi connectivity index (χ4v) is 2.24. The van der Waals surface area contributed by atoms with E-state index in [1.165, 1.54) is 0 Å². The predicted octanol–water partition coefficient (Wildman–Crippen LogP) is 1.95. The van der Waals surface area contributed by atoms with Crippen molar-refractivity contribution < 1.29 is 0 Å². The Labute approximate surface area is 99.7 Å². The van der Waals surface area contributed by atoms with Crippen LogP contribution in [-0.2, 0) is 13.6 Å². The van der Waals surface area contributed by atoms with Crippen molar-refractivity contribution in [2.75, 3.05) is 5.32 Å². The summed E-state index contributed by atoms with van der Waals surface area (Å²) in [5.41, 5.74) is 0. The molecule has 80 valence electrons. The van der Waals surface area contributed by atoms with Crippen LogP contribution in [0.15, 0.2) is 9.98 Å². The molecule has 0 saturated heterocycles. The SMILES string of the molecule is Cc1nnc(CNc2nc(Br)cs2)n1C. The van der Waals surface area contributed by atoms with E-state index in [0.717, 1.165) is 21.4 Å². The highest BCUT2D eigenvalue weighted by Crippen LogP contribution is 2.19. The van der Waals surface area contributed by atoms with Crippen molar-refractivity contribution in [2.24, 2.45) is 7.05 Å². The lowest BCUT2D eigenvalue weighted by Crippen LogP contribution is -2.06. The Hall–Kier alpha value is -0.950. The average Bonchev–Trinajstić information content (AvgIpc) is 2.74. The molecule has 2 heterocycles. The maximum Gasteiger partial charge on any atom is 0.184 e. The van der Waals surface area contributed by atoms with Crippen LogP contribution >= 0.6 is 27.3 Å². The molecule has 0 atom stereocenters. The van der Waals surface area contributed by atoms with Crippen molar-refractivity contribution in [1.29, 1.82) is 0 Å². The van der Waals surface area contributed by atoms with Gasteiger partial charge in [0, 0.05) is 12.4 Å². The third-order valence-corrected chi connectivity index (χ3v) is 3.57. The first-order chi connectivity index (χ1) is 7.16. The van der Waals surface area contributed by atoms with Gasteiger partial charge in [0.05, 0.1) is 6.54 Å². The smallest absolute Gasteiger partial charge is 0.184 e. The monoisotopic (exact) mass is 287 g/mol. The Morgan fingerprint density at radius 2 is 2.33 bits per heavy atom. The molecule has 0 amide bonds. The highest BCUT2D eigenvalue weighted by Gasteiger charge is 2.05. The molecule has 0 aliphatic carbocycles. The van der Waals surface area contributed by atoms with Gasteiger partial charge in [0.2, 0.25) is 0 Å². The van der Waals surface area contributed by atoms with Gasteiger partial charge in [-0.05, 0) is 22.9 Å². The summed E-state index contributed by atoms with van der Waals surface area (Å²) in [6.45, 7) is 2.56. The van der Waals surface area contributed by atoms with Crippen molar-refractivity contribution in [2.45, 2.75) is 13.5 Å². The molecule has 15 heavy (non-hydrogen) atoms. The van der Waals surface area contributed by atoms with Crippen LogP contribution in [0.2, 0.25) is 0 Å². The van der Waals surface area contributed by atoms with E-state index < -0.39 is 0 Å². The van der Waals surface area contributed by atoms with E-state index >= 15 is 0 Å². The first-order valence-corrected chi connectivity index (χ1v) is 6.04. The first kappa shape index (κ1) is 10.6. The number of hydrogen-bond acceptors (Lipinski definition) is 5. The average molecular weight is 288 g/mol. The molecular weight excluding hydrogens is 278 g/mol. The van der Waals surface area contributed by atoms with E-state index in [1.54, 1.807) is 11.3 Å². The zero-order valence-corrected chi connectivity index (χ0v) is 10.8. The van der Waals surface area contributed by atoms with E-state index in [2.05, 4.69) is 36.4 Å². The lowest BCUT2D eigenvalue weighted by atomic mass is 10.5. The molecule has 0 spiro atoms. The summed E-state index contributed by atoms with van der Waals surface area (Å²) < 4.78 is 2.81. The van der Waals surface area contributed by atoms with Crippen LogP contribution in [0.5, 0.6) is 0 Å². The molecule has 0 bridgehead atoms. The predicted molar refractivity (Wildman–Crippen MR) is 62.9 cm³/mol. The highest BCUT2D eigenvalue weighted by molar-refractivity contribution is 9.10. The number of hydrogen-bond donors (Lipinski definition) is 1. The number of halogens is 1. The zero-order valence-electron chi connectivity index (χ0n) is 8.36. The number of anilines is 1. The maximum absolute atomic E-state index is 4.23. The molecule has 7 heteroatoms. The Morgan fingerprint density at radius 3 is 2.87 bits per heavy atom. The quantitative estimate of drug-likeness (QED) is 0.938. The summed E-state index contributed by atoms with van der Waals surface area (Å²) in [7, 11) is 1.95. The molecule has 2 aromatic heterocycles. The van der Waals surface area contributed by atoms with Crippen molar-refractivity contribution in [3.05, 3.63) is 21.6 Å². The molecule has 0 aromatic carbocycles. The van der Waals surface area contributed by atoms with Gasteiger partial charge in [0.1, 0.15) is 10.4 Å². The van der Waals surface area contributed by atoms with Gasteiger partial charge < -0.3 is 9.88 Å². The Bertz CT molecular complexity index is 463. The Morgan fingerprint density at radius 1 is 1.53 bits per heavy atom. The van der Waals surface area contributed by atoms with E-state index in [0.29, 0.717) is 6.54 Å². The third kappa shape index (κ3) is 2.35. The van der Waals surface area contributed by atoms with E-state index in [4.69, 9.17) is 0 Å². The second-order valence-corrected chi connectivity index (χ2v) is 4.72. The minimum absolute atomic E-state index is 0.636. The second kappa shape index (κ2) is 4.28. The number of rotatable bonds is 3.